The van der Waals surface area contributed by atoms with E-state index in [1.807, 2.05) is 6.92 Å². The van der Waals surface area contributed by atoms with Gasteiger partial charge in [0.2, 0.25) is 0 Å². The van der Waals surface area contributed by atoms with Crippen molar-refractivity contribution < 1.29 is 8.78 Å². The second kappa shape index (κ2) is 5.35. The van der Waals surface area contributed by atoms with Crippen LogP contribution >= 0.6 is 12.2 Å². The number of halogens is 2. The summed E-state index contributed by atoms with van der Waals surface area (Å²) >= 11 is 5.04. The average Bonchev–Trinajstić information content (AvgIpc) is 2.28. The lowest BCUT2D eigenvalue weighted by Gasteiger charge is -2.06. The van der Waals surface area contributed by atoms with Crippen molar-refractivity contribution in [3.63, 3.8) is 0 Å². The number of aryl methyl sites for hydroxylation is 1. The highest BCUT2D eigenvalue weighted by molar-refractivity contribution is 7.71. The van der Waals surface area contributed by atoms with Crippen molar-refractivity contribution in [3.05, 3.63) is 46.4 Å². The lowest BCUT2D eigenvalue weighted by molar-refractivity contribution is 0.585. The largest absolute Gasteiger partial charge is 0.343 e. The first-order valence-corrected chi connectivity index (χ1v) is 6.06. The fourth-order valence-electron chi connectivity index (χ4n) is 1.72. The van der Waals surface area contributed by atoms with Crippen LogP contribution in [-0.4, -0.2) is 9.97 Å². The molecule has 0 radical (unpaired) electrons. The Labute approximate surface area is 109 Å². The zero-order valence-electron chi connectivity index (χ0n) is 9.84. The number of hydrogen-bond acceptors (Lipinski definition) is 2. The summed E-state index contributed by atoms with van der Waals surface area (Å²) in [6.07, 6.45) is 1.65. The van der Waals surface area contributed by atoms with Gasteiger partial charge in [0.25, 0.3) is 0 Å². The maximum atomic E-state index is 13.7. The molecule has 18 heavy (non-hydrogen) atoms. The third-order valence-corrected chi connectivity index (χ3v) is 2.71. The van der Waals surface area contributed by atoms with Gasteiger partial charge < -0.3 is 4.98 Å². The highest BCUT2D eigenvalue weighted by Gasteiger charge is 2.08. The molecule has 0 aliphatic heterocycles. The molecular formula is C13H12F2N2S. The van der Waals surface area contributed by atoms with E-state index in [2.05, 4.69) is 9.97 Å². The number of aromatic nitrogens is 2. The third kappa shape index (κ3) is 2.79. The van der Waals surface area contributed by atoms with Crippen LogP contribution in [0.1, 0.15) is 19.2 Å². The molecule has 5 heteroatoms. The predicted molar refractivity (Wildman–Crippen MR) is 68.8 cm³/mol. The van der Waals surface area contributed by atoms with Crippen molar-refractivity contribution >= 4 is 12.2 Å². The van der Waals surface area contributed by atoms with Gasteiger partial charge in [-0.2, -0.15) is 0 Å². The van der Waals surface area contributed by atoms with Crippen LogP contribution in [0.25, 0.3) is 11.3 Å². The molecule has 2 aromatic rings. The minimum absolute atomic E-state index is 0.294. The Morgan fingerprint density at radius 3 is 2.72 bits per heavy atom. The summed E-state index contributed by atoms with van der Waals surface area (Å²) in [4.78, 5) is 7.18. The van der Waals surface area contributed by atoms with Crippen LogP contribution in [0.3, 0.4) is 0 Å². The standard InChI is InChI=1S/C13H12F2N2S/c1-2-3-12-16-11(7-13(18)17-12)9-5-4-8(14)6-10(9)15/h4-7H,2-3H2,1H3,(H,16,17,18). The van der Waals surface area contributed by atoms with Crippen molar-refractivity contribution in [1.29, 1.82) is 0 Å². The fraction of sp³-hybridized carbons (Fsp3) is 0.231. The van der Waals surface area contributed by atoms with Crippen LogP contribution in [0.15, 0.2) is 24.3 Å². The molecule has 0 saturated carbocycles. The first kappa shape index (κ1) is 12.8. The van der Waals surface area contributed by atoms with Gasteiger partial charge in [-0.3, -0.25) is 0 Å². The highest BCUT2D eigenvalue weighted by atomic mass is 32.1. The van der Waals surface area contributed by atoms with Crippen LogP contribution in [0.2, 0.25) is 0 Å². The second-order valence-electron chi connectivity index (χ2n) is 3.95. The molecule has 0 atom stereocenters. The van der Waals surface area contributed by atoms with Crippen LogP contribution in [0.4, 0.5) is 8.78 Å². The van der Waals surface area contributed by atoms with Crippen molar-refractivity contribution in [3.8, 4) is 11.3 Å². The molecule has 2 nitrogen and oxygen atoms in total. The lowest BCUT2D eigenvalue weighted by atomic mass is 10.1. The van der Waals surface area contributed by atoms with E-state index in [0.29, 0.717) is 21.7 Å². The second-order valence-corrected chi connectivity index (χ2v) is 4.37. The summed E-state index contributed by atoms with van der Waals surface area (Å²) in [5.41, 5.74) is 0.818. The molecule has 0 aliphatic carbocycles. The normalized spacial score (nSPS) is 10.6. The Morgan fingerprint density at radius 2 is 2.06 bits per heavy atom. The van der Waals surface area contributed by atoms with Gasteiger partial charge in [-0.05, 0) is 24.6 Å². The highest BCUT2D eigenvalue weighted by Crippen LogP contribution is 2.21. The molecule has 1 aromatic heterocycles. The van der Waals surface area contributed by atoms with E-state index < -0.39 is 11.6 Å². The average molecular weight is 266 g/mol. The summed E-state index contributed by atoms with van der Waals surface area (Å²) < 4.78 is 26.9. The first-order valence-electron chi connectivity index (χ1n) is 5.66. The predicted octanol–water partition coefficient (Wildman–Crippen LogP) is 4.04. The third-order valence-electron chi connectivity index (χ3n) is 2.50. The van der Waals surface area contributed by atoms with Gasteiger partial charge in [0, 0.05) is 18.1 Å². The van der Waals surface area contributed by atoms with Crippen LogP contribution in [0.5, 0.6) is 0 Å². The summed E-state index contributed by atoms with van der Waals surface area (Å²) in [6.45, 7) is 2.02. The van der Waals surface area contributed by atoms with Gasteiger partial charge in [-0.25, -0.2) is 13.8 Å². The maximum absolute atomic E-state index is 13.7. The van der Waals surface area contributed by atoms with Crippen LogP contribution in [-0.2, 0) is 6.42 Å². The van der Waals surface area contributed by atoms with E-state index in [4.69, 9.17) is 12.2 Å². The first-order chi connectivity index (χ1) is 8.60. The van der Waals surface area contributed by atoms with Crippen molar-refractivity contribution in [2.24, 2.45) is 0 Å². The molecule has 1 heterocycles. The van der Waals surface area contributed by atoms with Gasteiger partial charge in [-0.1, -0.05) is 19.1 Å². The topological polar surface area (TPSA) is 28.7 Å². The number of nitrogens with zero attached hydrogens (tertiary/aromatic N) is 1. The summed E-state index contributed by atoms with van der Waals surface area (Å²) in [7, 11) is 0. The Hall–Kier alpha value is -1.62. The number of H-pyrrole nitrogens is 1. The number of aromatic amines is 1. The Morgan fingerprint density at radius 1 is 1.28 bits per heavy atom. The molecule has 0 amide bonds. The molecule has 0 bridgehead atoms. The zero-order chi connectivity index (χ0) is 13.1. The van der Waals surface area contributed by atoms with Gasteiger partial charge in [-0.15, -0.1) is 0 Å². The van der Waals surface area contributed by atoms with E-state index in [1.54, 1.807) is 6.07 Å². The van der Waals surface area contributed by atoms with Crippen molar-refractivity contribution in [2.75, 3.05) is 0 Å². The minimum atomic E-state index is -0.616. The van der Waals surface area contributed by atoms with E-state index in [9.17, 15) is 8.78 Å². The molecule has 1 N–H and O–H groups in total. The zero-order valence-corrected chi connectivity index (χ0v) is 10.7. The van der Waals surface area contributed by atoms with Gasteiger partial charge in [0.15, 0.2) is 0 Å². The SMILES string of the molecule is CCCc1nc(=S)cc(-c2ccc(F)cc2F)[nH]1. The molecule has 0 spiro atoms. The molecule has 94 valence electrons. The number of hydrogen-bond donors (Lipinski definition) is 1. The molecule has 0 saturated heterocycles. The van der Waals surface area contributed by atoms with Crippen molar-refractivity contribution in [1.82, 2.24) is 9.97 Å². The fourth-order valence-corrected chi connectivity index (χ4v) is 1.94. The molecular weight excluding hydrogens is 254 g/mol. The minimum Gasteiger partial charge on any atom is -0.343 e. The van der Waals surface area contributed by atoms with E-state index in [0.717, 1.165) is 18.9 Å². The number of nitrogens with one attached hydrogen (secondary N) is 1. The lowest BCUT2D eigenvalue weighted by Crippen LogP contribution is -1.98. The Balaban J connectivity index is 2.53. The molecule has 0 unspecified atom stereocenters. The monoisotopic (exact) mass is 266 g/mol. The van der Waals surface area contributed by atoms with Gasteiger partial charge >= 0.3 is 0 Å². The maximum Gasteiger partial charge on any atom is 0.135 e. The Bertz CT molecular complexity index is 623. The smallest absolute Gasteiger partial charge is 0.135 e. The van der Waals surface area contributed by atoms with Crippen LogP contribution < -0.4 is 0 Å². The van der Waals surface area contributed by atoms with E-state index in [-0.39, 0.29) is 0 Å². The number of rotatable bonds is 3. The summed E-state index contributed by atoms with van der Waals surface area (Å²) in [5, 5.41) is 0. The summed E-state index contributed by atoms with van der Waals surface area (Å²) in [5.74, 6) is -0.504. The summed E-state index contributed by atoms with van der Waals surface area (Å²) in [6, 6.07) is 5.03. The van der Waals surface area contributed by atoms with E-state index >= 15 is 0 Å². The molecule has 2 rings (SSSR count). The molecule has 0 fully saturated rings. The molecule has 1 aromatic carbocycles. The molecule has 0 aliphatic rings. The quantitative estimate of drug-likeness (QED) is 0.849. The van der Waals surface area contributed by atoms with E-state index in [1.165, 1.54) is 12.1 Å². The van der Waals surface area contributed by atoms with Gasteiger partial charge in [0.1, 0.15) is 22.1 Å². The number of benzene rings is 1. The van der Waals surface area contributed by atoms with Crippen LogP contribution in [0, 0.1) is 16.3 Å². The van der Waals surface area contributed by atoms with Crippen molar-refractivity contribution in [2.45, 2.75) is 19.8 Å². The Kier molecular flexibility index (Phi) is 3.81. The van der Waals surface area contributed by atoms with Gasteiger partial charge in [0.05, 0.1) is 5.69 Å².